The zero-order valence-corrected chi connectivity index (χ0v) is 10.8. The molecule has 94 valence electrons. The molecule has 4 nitrogen and oxygen atoms in total. The van der Waals surface area contributed by atoms with Crippen LogP contribution in [0.1, 0.15) is 5.56 Å². The van der Waals surface area contributed by atoms with Crippen molar-refractivity contribution in [3.63, 3.8) is 0 Å². The first-order valence-electron chi connectivity index (χ1n) is 5.74. The van der Waals surface area contributed by atoms with E-state index in [4.69, 9.17) is 0 Å². The molecule has 0 aliphatic rings. The van der Waals surface area contributed by atoms with Crippen molar-refractivity contribution in [1.82, 2.24) is 4.98 Å². The van der Waals surface area contributed by atoms with E-state index in [-0.39, 0.29) is 5.75 Å². The minimum Gasteiger partial charge on any atom is -0.507 e. The third-order valence-corrected chi connectivity index (χ3v) is 3.41. The minimum atomic E-state index is 0.211. The van der Waals surface area contributed by atoms with Crippen LogP contribution in [0, 0.1) is 0 Å². The molecule has 0 spiro atoms. The zero-order chi connectivity index (χ0) is 13.1. The molecule has 3 aromatic rings. The van der Waals surface area contributed by atoms with Crippen molar-refractivity contribution in [3.8, 4) is 5.75 Å². The Balaban J connectivity index is 1.95. The van der Waals surface area contributed by atoms with E-state index in [1.807, 2.05) is 35.7 Å². The summed E-state index contributed by atoms with van der Waals surface area (Å²) in [6.45, 7) is 0. The van der Waals surface area contributed by atoms with Gasteiger partial charge in [-0.15, -0.1) is 11.3 Å². The monoisotopic (exact) mass is 269 g/mol. The van der Waals surface area contributed by atoms with Crippen LogP contribution in [0.3, 0.4) is 0 Å². The minimum absolute atomic E-state index is 0.211. The summed E-state index contributed by atoms with van der Waals surface area (Å²) in [5.74, 6) is 0.211. The normalized spacial score (nSPS) is 11.2. The molecule has 19 heavy (non-hydrogen) atoms. The van der Waals surface area contributed by atoms with Crippen molar-refractivity contribution in [2.24, 2.45) is 5.10 Å². The van der Waals surface area contributed by atoms with E-state index in [0.717, 1.165) is 15.9 Å². The molecule has 0 radical (unpaired) electrons. The molecule has 0 bridgehead atoms. The average molecular weight is 269 g/mol. The van der Waals surface area contributed by atoms with Crippen LogP contribution in [-0.4, -0.2) is 16.3 Å². The second-order valence-corrected chi connectivity index (χ2v) is 4.82. The van der Waals surface area contributed by atoms with Crippen molar-refractivity contribution in [3.05, 3.63) is 53.5 Å². The van der Waals surface area contributed by atoms with E-state index >= 15 is 0 Å². The highest BCUT2D eigenvalue weighted by Gasteiger charge is 2.03. The Morgan fingerprint density at radius 2 is 2.11 bits per heavy atom. The van der Waals surface area contributed by atoms with Gasteiger partial charge in [0.15, 0.2) is 0 Å². The van der Waals surface area contributed by atoms with E-state index in [2.05, 4.69) is 15.5 Å². The maximum atomic E-state index is 9.93. The molecule has 0 fully saturated rings. The first-order valence-corrected chi connectivity index (χ1v) is 6.62. The van der Waals surface area contributed by atoms with Crippen molar-refractivity contribution in [2.45, 2.75) is 0 Å². The molecule has 2 N–H and O–H groups in total. The SMILES string of the molecule is Oc1ccc2ccccc2c1/C=N/Nc1nccs1. The summed E-state index contributed by atoms with van der Waals surface area (Å²) < 4.78 is 0. The van der Waals surface area contributed by atoms with Crippen LogP contribution < -0.4 is 5.43 Å². The molecule has 0 saturated heterocycles. The smallest absolute Gasteiger partial charge is 0.203 e. The maximum Gasteiger partial charge on any atom is 0.203 e. The lowest BCUT2D eigenvalue weighted by atomic mass is 10.0. The number of phenolic OH excluding ortho intramolecular Hbond substituents is 1. The van der Waals surface area contributed by atoms with E-state index in [1.165, 1.54) is 11.3 Å². The molecule has 0 aliphatic carbocycles. The van der Waals surface area contributed by atoms with Gasteiger partial charge in [0, 0.05) is 17.1 Å². The number of rotatable bonds is 3. The standard InChI is InChI=1S/C14H11N3OS/c18-13-6-5-10-3-1-2-4-11(10)12(13)9-16-17-14-15-7-8-19-14/h1-9,18H,(H,15,17)/b16-9+. The van der Waals surface area contributed by atoms with Gasteiger partial charge in [0.25, 0.3) is 0 Å². The first kappa shape index (κ1) is 11.7. The Hall–Kier alpha value is -2.40. The number of nitrogens with zero attached hydrogens (tertiary/aromatic N) is 2. The molecule has 5 heteroatoms. The van der Waals surface area contributed by atoms with E-state index < -0.39 is 0 Å². The van der Waals surface area contributed by atoms with Crippen LogP contribution >= 0.6 is 11.3 Å². The number of anilines is 1. The lowest BCUT2D eigenvalue weighted by molar-refractivity contribution is 0.475. The second-order valence-electron chi connectivity index (χ2n) is 3.93. The highest BCUT2D eigenvalue weighted by Crippen LogP contribution is 2.25. The highest BCUT2D eigenvalue weighted by atomic mass is 32.1. The molecule has 3 rings (SSSR count). The number of benzene rings is 2. The number of nitrogens with one attached hydrogen (secondary N) is 1. The molecule has 0 amide bonds. The number of hydrazone groups is 1. The summed E-state index contributed by atoms with van der Waals surface area (Å²) in [7, 11) is 0. The number of aromatic hydroxyl groups is 1. The molecular weight excluding hydrogens is 258 g/mol. The summed E-state index contributed by atoms with van der Waals surface area (Å²) >= 11 is 1.47. The number of fused-ring (bicyclic) bond motifs is 1. The predicted molar refractivity (Wildman–Crippen MR) is 78.9 cm³/mol. The van der Waals surface area contributed by atoms with Crippen molar-refractivity contribution in [2.75, 3.05) is 5.43 Å². The summed E-state index contributed by atoms with van der Waals surface area (Å²) in [5.41, 5.74) is 3.53. The fraction of sp³-hybridized carbons (Fsp3) is 0. The van der Waals surface area contributed by atoms with Crippen molar-refractivity contribution in [1.29, 1.82) is 0 Å². The van der Waals surface area contributed by atoms with Crippen molar-refractivity contribution < 1.29 is 5.11 Å². The average Bonchev–Trinajstić information content (AvgIpc) is 2.94. The van der Waals surface area contributed by atoms with Gasteiger partial charge < -0.3 is 5.11 Å². The van der Waals surface area contributed by atoms with Gasteiger partial charge in [-0.3, -0.25) is 5.43 Å². The maximum absolute atomic E-state index is 9.93. The zero-order valence-electron chi connectivity index (χ0n) is 9.95. The van der Waals surface area contributed by atoms with Crippen LogP contribution in [0.25, 0.3) is 10.8 Å². The quantitative estimate of drug-likeness (QED) is 0.565. The number of phenols is 1. The van der Waals surface area contributed by atoms with Crippen molar-refractivity contribution >= 4 is 33.5 Å². The summed E-state index contributed by atoms with van der Waals surface area (Å²) in [5, 5.41) is 18.7. The van der Waals surface area contributed by atoms with Crippen LogP contribution in [0.5, 0.6) is 5.75 Å². The molecule has 0 atom stereocenters. The first-order chi connectivity index (χ1) is 9.34. The van der Waals surface area contributed by atoms with Crippen LogP contribution in [0.15, 0.2) is 53.1 Å². The van der Waals surface area contributed by atoms with Crippen LogP contribution in [-0.2, 0) is 0 Å². The van der Waals surface area contributed by atoms with Gasteiger partial charge in [0.2, 0.25) is 5.13 Å². The molecule has 1 aromatic heterocycles. The summed E-state index contributed by atoms with van der Waals surface area (Å²) in [4.78, 5) is 4.06. The van der Waals surface area contributed by atoms with Gasteiger partial charge >= 0.3 is 0 Å². The van der Waals surface area contributed by atoms with Gasteiger partial charge in [-0.1, -0.05) is 30.3 Å². The molecule has 0 saturated carbocycles. The Kier molecular flexibility index (Phi) is 3.12. The molecular formula is C14H11N3OS. The Morgan fingerprint density at radius 3 is 2.95 bits per heavy atom. The number of thiazole rings is 1. The van der Waals surface area contributed by atoms with E-state index in [1.54, 1.807) is 18.5 Å². The number of hydrogen-bond donors (Lipinski definition) is 2. The third kappa shape index (κ3) is 2.41. The Bertz CT molecular complexity index is 723. The van der Waals surface area contributed by atoms with Crippen LogP contribution in [0.2, 0.25) is 0 Å². The lowest BCUT2D eigenvalue weighted by Gasteiger charge is -2.04. The molecule has 0 aliphatic heterocycles. The third-order valence-electron chi connectivity index (χ3n) is 2.73. The van der Waals surface area contributed by atoms with E-state index in [0.29, 0.717) is 5.56 Å². The number of hydrogen-bond acceptors (Lipinski definition) is 5. The molecule has 2 aromatic carbocycles. The van der Waals surface area contributed by atoms with Gasteiger partial charge in [0.1, 0.15) is 5.75 Å². The Morgan fingerprint density at radius 1 is 1.21 bits per heavy atom. The fourth-order valence-electron chi connectivity index (χ4n) is 1.85. The van der Waals surface area contributed by atoms with Gasteiger partial charge in [-0.2, -0.15) is 5.10 Å². The lowest BCUT2D eigenvalue weighted by Crippen LogP contribution is -1.91. The second kappa shape index (κ2) is 5.07. The van der Waals surface area contributed by atoms with Crippen LogP contribution in [0.4, 0.5) is 5.13 Å². The highest BCUT2D eigenvalue weighted by molar-refractivity contribution is 7.13. The Labute approximate surface area is 114 Å². The topological polar surface area (TPSA) is 57.5 Å². The number of aromatic nitrogens is 1. The largest absolute Gasteiger partial charge is 0.507 e. The summed E-state index contributed by atoms with van der Waals surface area (Å²) in [6.07, 6.45) is 3.32. The van der Waals surface area contributed by atoms with Gasteiger partial charge in [-0.25, -0.2) is 4.98 Å². The van der Waals surface area contributed by atoms with Gasteiger partial charge in [0.05, 0.1) is 6.21 Å². The molecule has 1 heterocycles. The molecule has 0 unspecified atom stereocenters. The summed E-state index contributed by atoms with van der Waals surface area (Å²) in [6, 6.07) is 11.4. The van der Waals surface area contributed by atoms with Gasteiger partial charge in [-0.05, 0) is 16.8 Å². The predicted octanol–water partition coefficient (Wildman–Crippen LogP) is 3.45. The fourth-order valence-corrected chi connectivity index (χ4v) is 2.33. The van der Waals surface area contributed by atoms with E-state index in [9.17, 15) is 5.11 Å².